The van der Waals surface area contributed by atoms with E-state index in [0.717, 1.165) is 32.5 Å². The van der Waals surface area contributed by atoms with Gasteiger partial charge in [0.25, 0.3) is 5.56 Å². The maximum Gasteiger partial charge on any atom is 0.341 e. The molecule has 140 valence electrons. The van der Waals surface area contributed by atoms with E-state index in [1.54, 1.807) is 12.4 Å². The highest BCUT2D eigenvalue weighted by atomic mass is 16.5. The minimum absolute atomic E-state index is 0.235. The molecular formula is C20H22N4O3. The quantitative estimate of drug-likeness (QED) is 0.717. The van der Waals surface area contributed by atoms with Crippen LogP contribution in [0.4, 0.5) is 0 Å². The molecule has 7 nitrogen and oxygen atoms in total. The van der Waals surface area contributed by atoms with E-state index in [9.17, 15) is 9.59 Å². The topological polar surface area (TPSA) is 80.2 Å². The summed E-state index contributed by atoms with van der Waals surface area (Å²) < 4.78 is 6.84. The van der Waals surface area contributed by atoms with Crippen molar-refractivity contribution in [3.05, 3.63) is 64.2 Å². The second-order valence-electron chi connectivity index (χ2n) is 6.92. The van der Waals surface area contributed by atoms with Gasteiger partial charge < -0.3 is 9.30 Å². The van der Waals surface area contributed by atoms with Crippen molar-refractivity contribution >= 4 is 5.97 Å². The van der Waals surface area contributed by atoms with Gasteiger partial charge in [-0.25, -0.2) is 9.89 Å². The van der Waals surface area contributed by atoms with Gasteiger partial charge in [0.1, 0.15) is 11.3 Å². The van der Waals surface area contributed by atoms with Crippen molar-refractivity contribution in [2.45, 2.75) is 25.4 Å². The number of fused-ring (bicyclic) bond motifs is 1. The van der Waals surface area contributed by atoms with Crippen LogP contribution in [0.15, 0.2) is 47.5 Å². The molecule has 3 heterocycles. The lowest BCUT2D eigenvalue weighted by Gasteiger charge is -2.33. The zero-order valence-corrected chi connectivity index (χ0v) is 15.2. The number of aromatic nitrogens is 3. The Morgan fingerprint density at radius 1 is 1.22 bits per heavy atom. The third-order valence-corrected chi connectivity index (χ3v) is 5.21. The van der Waals surface area contributed by atoms with Gasteiger partial charge in [-0.05, 0) is 18.4 Å². The molecule has 1 aromatic carbocycles. The van der Waals surface area contributed by atoms with Crippen LogP contribution in [-0.4, -0.2) is 45.8 Å². The Bertz CT molecular complexity index is 955. The van der Waals surface area contributed by atoms with E-state index < -0.39 is 5.97 Å². The Morgan fingerprint density at radius 3 is 2.67 bits per heavy atom. The molecule has 1 N–H and O–H groups in total. The summed E-state index contributed by atoms with van der Waals surface area (Å²) >= 11 is 0. The third kappa shape index (κ3) is 3.50. The van der Waals surface area contributed by atoms with Gasteiger partial charge >= 0.3 is 5.97 Å². The Hall–Kier alpha value is -2.93. The van der Waals surface area contributed by atoms with E-state index in [0.29, 0.717) is 16.8 Å². The fourth-order valence-corrected chi connectivity index (χ4v) is 3.74. The maximum absolute atomic E-state index is 12.1. The largest absolute Gasteiger partial charge is 0.465 e. The third-order valence-electron chi connectivity index (χ3n) is 5.21. The van der Waals surface area contributed by atoms with Crippen LogP contribution in [0.2, 0.25) is 0 Å². The molecule has 0 aromatic heterocycles. The van der Waals surface area contributed by atoms with Crippen molar-refractivity contribution in [2.24, 2.45) is 0 Å². The van der Waals surface area contributed by atoms with Crippen LogP contribution in [0.3, 0.4) is 0 Å². The van der Waals surface area contributed by atoms with E-state index in [-0.39, 0.29) is 11.6 Å². The molecule has 0 aliphatic carbocycles. The highest BCUT2D eigenvalue weighted by molar-refractivity contribution is 5.95. The molecule has 0 atom stereocenters. The number of H-pyrrole nitrogens is 1. The number of benzene rings is 1. The zero-order chi connectivity index (χ0) is 18.8. The van der Waals surface area contributed by atoms with Crippen molar-refractivity contribution < 1.29 is 9.53 Å². The molecule has 0 amide bonds. The first-order valence-corrected chi connectivity index (χ1v) is 9.10. The fourth-order valence-electron chi connectivity index (χ4n) is 3.74. The average Bonchev–Trinajstić information content (AvgIpc) is 3.09. The van der Waals surface area contributed by atoms with Crippen LogP contribution in [0.5, 0.6) is 0 Å². The molecule has 1 aromatic rings. The van der Waals surface area contributed by atoms with E-state index in [4.69, 9.17) is 4.74 Å². The van der Waals surface area contributed by atoms with Crippen LogP contribution in [0.1, 0.15) is 34.8 Å². The van der Waals surface area contributed by atoms with Crippen LogP contribution in [-0.2, 0) is 11.3 Å². The number of rotatable bonds is 4. The van der Waals surface area contributed by atoms with Crippen molar-refractivity contribution in [2.75, 3.05) is 20.2 Å². The van der Waals surface area contributed by atoms with Gasteiger partial charge in [0.2, 0.25) is 0 Å². The Balaban J connectivity index is 1.53. The summed E-state index contributed by atoms with van der Waals surface area (Å²) in [5, 5.41) is 6.40. The number of carbonyl (C=O) groups excluding carboxylic acids is 1. The molecule has 27 heavy (non-hydrogen) atoms. The molecule has 1 fully saturated rings. The van der Waals surface area contributed by atoms with Gasteiger partial charge in [0.05, 0.1) is 12.7 Å². The smallest absolute Gasteiger partial charge is 0.341 e. The summed E-state index contributed by atoms with van der Waals surface area (Å²) in [5.74, 6) is -0.484. The lowest BCUT2D eigenvalue weighted by Crippen LogP contribution is -2.34. The molecule has 0 bridgehead atoms. The fraction of sp³-hybridized carbons (Fsp3) is 0.350. The summed E-state index contributed by atoms with van der Waals surface area (Å²) in [6.45, 7) is 2.87. The average molecular weight is 366 g/mol. The monoisotopic (exact) mass is 366 g/mol. The van der Waals surface area contributed by atoms with Crippen molar-refractivity contribution in [1.29, 1.82) is 0 Å². The first kappa shape index (κ1) is 17.5. The van der Waals surface area contributed by atoms with Crippen LogP contribution in [0.25, 0.3) is 11.3 Å². The maximum atomic E-state index is 12.1. The molecule has 4 rings (SSSR count). The Labute approximate surface area is 156 Å². The standard InChI is InChI=1S/C20H22N4O3/c1-27-20(26)17-13-24(12-16-18(17)21-22-19(16)25)15-7-9-23(10-8-15)11-14-5-3-2-4-6-14/h2-6,12-13,15H,7-11H2,1H3,(H,22,25). The number of ether oxygens (including phenoxy) is 1. The van der Waals surface area contributed by atoms with Gasteiger partial charge in [-0.15, -0.1) is 0 Å². The number of carbonyl (C=O) groups is 1. The number of likely N-dealkylation sites (tertiary alicyclic amines) is 1. The summed E-state index contributed by atoms with van der Waals surface area (Å²) in [6.07, 6.45) is 5.46. The number of esters is 1. The molecule has 0 unspecified atom stereocenters. The summed E-state index contributed by atoms with van der Waals surface area (Å²) in [6, 6.07) is 10.7. The molecule has 7 heteroatoms. The van der Waals surface area contributed by atoms with Crippen LogP contribution >= 0.6 is 0 Å². The van der Waals surface area contributed by atoms with Gasteiger partial charge in [-0.1, -0.05) is 30.3 Å². The number of aromatic amines is 1. The zero-order valence-electron chi connectivity index (χ0n) is 15.2. The lowest BCUT2D eigenvalue weighted by molar-refractivity contribution is 0.0599. The molecule has 3 aliphatic rings. The Kier molecular flexibility index (Phi) is 4.77. The number of hydrogen-bond donors (Lipinski definition) is 1. The molecule has 0 spiro atoms. The number of methoxy groups -OCH3 is 1. The number of hydrogen-bond acceptors (Lipinski definition) is 5. The van der Waals surface area contributed by atoms with Gasteiger partial charge in [0.15, 0.2) is 0 Å². The van der Waals surface area contributed by atoms with E-state index in [1.807, 2.05) is 10.6 Å². The van der Waals surface area contributed by atoms with Crippen molar-refractivity contribution in [3.63, 3.8) is 0 Å². The van der Waals surface area contributed by atoms with Crippen LogP contribution in [0, 0.1) is 0 Å². The lowest BCUT2D eigenvalue weighted by atomic mass is 10.0. The van der Waals surface area contributed by atoms with Gasteiger partial charge in [-0.2, -0.15) is 5.10 Å². The predicted molar refractivity (Wildman–Crippen MR) is 101 cm³/mol. The molecule has 0 saturated carbocycles. The normalized spacial score (nSPS) is 15.9. The van der Waals surface area contributed by atoms with E-state index in [1.165, 1.54) is 12.7 Å². The number of piperidine rings is 1. The molecule has 0 radical (unpaired) electrons. The van der Waals surface area contributed by atoms with Crippen molar-refractivity contribution in [3.8, 4) is 11.3 Å². The molecule has 1 saturated heterocycles. The minimum atomic E-state index is -0.484. The minimum Gasteiger partial charge on any atom is -0.465 e. The highest BCUT2D eigenvalue weighted by Crippen LogP contribution is 2.28. The number of nitrogens with one attached hydrogen (secondary N) is 1. The Morgan fingerprint density at radius 2 is 1.96 bits per heavy atom. The summed E-state index contributed by atoms with van der Waals surface area (Å²) in [4.78, 5) is 26.6. The van der Waals surface area contributed by atoms with Gasteiger partial charge in [0, 0.05) is 38.1 Å². The SMILES string of the molecule is COC(=O)c1cn(C2CCN(Cc3ccccc3)CC2)cc2c(=O)[nH]nc1-2. The van der Waals surface area contributed by atoms with E-state index >= 15 is 0 Å². The summed E-state index contributed by atoms with van der Waals surface area (Å²) in [5.41, 5.74) is 2.13. The van der Waals surface area contributed by atoms with Crippen molar-refractivity contribution in [1.82, 2.24) is 19.7 Å². The highest BCUT2D eigenvalue weighted by Gasteiger charge is 2.26. The number of pyridine rings is 1. The summed E-state index contributed by atoms with van der Waals surface area (Å²) in [7, 11) is 1.33. The van der Waals surface area contributed by atoms with Crippen LogP contribution < -0.4 is 5.56 Å². The molecular weight excluding hydrogens is 344 g/mol. The first-order valence-electron chi connectivity index (χ1n) is 9.10. The molecule has 3 aliphatic heterocycles. The first-order chi connectivity index (χ1) is 13.2. The second kappa shape index (κ2) is 7.36. The predicted octanol–water partition coefficient (Wildman–Crippen LogP) is 2.30. The number of nitrogens with zero attached hydrogens (tertiary/aromatic N) is 3. The van der Waals surface area contributed by atoms with Gasteiger partial charge in [-0.3, -0.25) is 9.69 Å². The van der Waals surface area contributed by atoms with E-state index in [2.05, 4.69) is 39.4 Å². The second-order valence-corrected chi connectivity index (χ2v) is 6.92.